The maximum Gasteiger partial charge on any atom is 0.283 e. The quantitative estimate of drug-likeness (QED) is 0.455. The molecular weight excluding hydrogens is 406 g/mol. The monoisotopic (exact) mass is 423 g/mol. The predicted molar refractivity (Wildman–Crippen MR) is 115 cm³/mol. The largest absolute Gasteiger partial charge is 0.494 e. The lowest BCUT2D eigenvalue weighted by molar-refractivity contribution is -0.384. The Morgan fingerprint density at radius 2 is 2.07 bits per heavy atom. The number of carbonyl (C=O) groups excluding carboxylic acids is 1. The van der Waals surface area contributed by atoms with Crippen molar-refractivity contribution in [3.8, 4) is 11.4 Å². The van der Waals surface area contributed by atoms with Crippen LogP contribution < -0.4 is 4.74 Å². The van der Waals surface area contributed by atoms with E-state index in [1.165, 1.54) is 31.0 Å². The molecule has 152 valence electrons. The van der Waals surface area contributed by atoms with Crippen LogP contribution in [-0.2, 0) is 4.79 Å². The second-order valence-electron chi connectivity index (χ2n) is 6.65. The van der Waals surface area contributed by atoms with Crippen molar-refractivity contribution in [2.45, 2.75) is 13.8 Å². The lowest BCUT2D eigenvalue weighted by Gasteiger charge is -2.22. The number of benzene rings is 1. The second-order valence-corrected chi connectivity index (χ2v) is 7.53. The van der Waals surface area contributed by atoms with Gasteiger partial charge in [0, 0.05) is 23.7 Å². The Labute approximate surface area is 176 Å². The molecule has 0 bridgehead atoms. The van der Waals surface area contributed by atoms with E-state index in [4.69, 9.17) is 10.1 Å². The molecule has 2 aromatic rings. The van der Waals surface area contributed by atoms with Crippen molar-refractivity contribution in [1.82, 2.24) is 9.47 Å². The number of hydrogen-bond donors (Lipinski definition) is 1. The molecule has 0 unspecified atom stereocenters. The highest BCUT2D eigenvalue weighted by atomic mass is 32.2. The van der Waals surface area contributed by atoms with Crippen LogP contribution in [0.15, 0.2) is 46.4 Å². The summed E-state index contributed by atoms with van der Waals surface area (Å²) < 4.78 is 7.27. The smallest absolute Gasteiger partial charge is 0.283 e. The molecule has 0 radical (unpaired) electrons. The number of nitro groups is 1. The van der Waals surface area contributed by atoms with Crippen LogP contribution in [0.3, 0.4) is 0 Å². The lowest BCUT2D eigenvalue weighted by Crippen LogP contribution is -2.35. The SMILES string of the molecule is COc1cc([N+](=O)[O-])ccc1-n1c(C)cc(/C=C2/C(=N)N3C=CSC3=NC2=O)c1C. The molecule has 0 fully saturated rings. The summed E-state index contributed by atoms with van der Waals surface area (Å²) in [5.41, 5.74) is 3.17. The first-order chi connectivity index (χ1) is 14.3. The maximum atomic E-state index is 12.5. The first kappa shape index (κ1) is 19.6. The Kier molecular flexibility index (Phi) is 4.78. The van der Waals surface area contributed by atoms with Gasteiger partial charge in [-0.25, -0.2) is 0 Å². The highest BCUT2D eigenvalue weighted by molar-refractivity contribution is 8.16. The van der Waals surface area contributed by atoms with Gasteiger partial charge in [0.25, 0.3) is 11.6 Å². The molecule has 0 saturated carbocycles. The summed E-state index contributed by atoms with van der Waals surface area (Å²) in [7, 11) is 1.46. The van der Waals surface area contributed by atoms with Gasteiger partial charge in [0.05, 0.1) is 29.4 Å². The molecule has 3 heterocycles. The molecule has 0 saturated heterocycles. The average Bonchev–Trinajstić information content (AvgIpc) is 3.28. The third kappa shape index (κ3) is 3.11. The molecule has 0 spiro atoms. The second kappa shape index (κ2) is 7.30. The lowest BCUT2D eigenvalue weighted by atomic mass is 10.1. The number of hydrogen-bond acceptors (Lipinski definition) is 6. The first-order valence-corrected chi connectivity index (χ1v) is 9.77. The van der Waals surface area contributed by atoms with Gasteiger partial charge in [-0.1, -0.05) is 11.8 Å². The molecule has 10 heteroatoms. The zero-order valence-electron chi connectivity index (χ0n) is 16.4. The summed E-state index contributed by atoms with van der Waals surface area (Å²) in [6.45, 7) is 3.76. The Bertz CT molecular complexity index is 1210. The standard InChI is InChI=1S/C20H17N5O4S/c1-11-8-13(9-15-18(21)23-6-7-30-20(23)22-19(15)26)12(2)24(11)16-5-4-14(25(27)28)10-17(16)29-3/h4-10,21H,1-3H3/b15-9-,21-18?. The fourth-order valence-electron chi connectivity index (χ4n) is 3.46. The number of non-ortho nitro benzene ring substituents is 1. The Hall–Kier alpha value is -3.66. The average molecular weight is 423 g/mol. The van der Waals surface area contributed by atoms with Crippen molar-refractivity contribution in [3.63, 3.8) is 0 Å². The van der Waals surface area contributed by atoms with Gasteiger partial charge in [-0.15, -0.1) is 0 Å². The molecule has 0 atom stereocenters. The van der Waals surface area contributed by atoms with E-state index >= 15 is 0 Å². The number of amides is 1. The number of fused-ring (bicyclic) bond motifs is 1. The van der Waals surface area contributed by atoms with Crippen LogP contribution >= 0.6 is 11.8 Å². The first-order valence-electron chi connectivity index (χ1n) is 8.89. The van der Waals surface area contributed by atoms with Gasteiger partial charge in [0.1, 0.15) is 11.6 Å². The highest BCUT2D eigenvalue weighted by Crippen LogP contribution is 2.33. The van der Waals surface area contributed by atoms with Gasteiger partial charge in [-0.2, -0.15) is 4.99 Å². The number of rotatable bonds is 4. The topological polar surface area (TPSA) is 114 Å². The van der Waals surface area contributed by atoms with Crippen LogP contribution in [0.4, 0.5) is 5.69 Å². The fourth-order valence-corrected chi connectivity index (χ4v) is 4.16. The minimum absolute atomic E-state index is 0.0631. The summed E-state index contributed by atoms with van der Waals surface area (Å²) in [6, 6.07) is 6.31. The Morgan fingerprint density at radius 3 is 2.77 bits per heavy atom. The van der Waals surface area contributed by atoms with E-state index in [1.807, 2.05) is 24.5 Å². The van der Waals surface area contributed by atoms with Crippen LogP contribution in [-0.4, -0.2) is 38.4 Å². The number of aryl methyl sites for hydroxylation is 1. The van der Waals surface area contributed by atoms with Gasteiger partial charge >= 0.3 is 0 Å². The molecule has 30 heavy (non-hydrogen) atoms. The Balaban J connectivity index is 1.80. The summed E-state index contributed by atoms with van der Waals surface area (Å²) in [5, 5.41) is 21.7. The molecule has 1 aromatic heterocycles. The highest BCUT2D eigenvalue weighted by Gasteiger charge is 2.31. The van der Waals surface area contributed by atoms with Gasteiger partial charge in [0.2, 0.25) is 0 Å². The number of nitrogens with one attached hydrogen (secondary N) is 1. The normalized spacial score (nSPS) is 16.8. The van der Waals surface area contributed by atoms with Crippen molar-refractivity contribution in [3.05, 3.63) is 68.5 Å². The van der Waals surface area contributed by atoms with E-state index in [0.29, 0.717) is 16.6 Å². The van der Waals surface area contributed by atoms with E-state index in [-0.39, 0.29) is 17.1 Å². The number of aliphatic imine (C=N–C) groups is 1. The van der Waals surface area contributed by atoms with Crippen molar-refractivity contribution >= 4 is 40.4 Å². The van der Waals surface area contributed by atoms with E-state index in [0.717, 1.165) is 17.0 Å². The number of ether oxygens (including phenoxy) is 1. The summed E-state index contributed by atoms with van der Waals surface area (Å²) in [6.07, 6.45) is 3.36. The number of nitro benzene ring substituents is 1. The molecule has 1 aromatic carbocycles. The molecule has 2 aliphatic heterocycles. The minimum Gasteiger partial charge on any atom is -0.494 e. The molecule has 4 rings (SSSR count). The predicted octanol–water partition coefficient (Wildman–Crippen LogP) is 3.79. The number of thioether (sulfide) groups is 1. The number of methoxy groups -OCH3 is 1. The van der Waals surface area contributed by atoms with Crippen LogP contribution in [0.25, 0.3) is 11.8 Å². The number of nitrogens with zero attached hydrogens (tertiary/aromatic N) is 4. The number of carbonyl (C=O) groups is 1. The molecular formula is C20H17N5O4S. The zero-order chi connectivity index (χ0) is 21.6. The van der Waals surface area contributed by atoms with Crippen molar-refractivity contribution in [1.29, 1.82) is 5.41 Å². The fraction of sp³-hybridized carbons (Fsp3) is 0.150. The molecule has 2 aliphatic rings. The number of aromatic nitrogens is 1. The summed E-state index contributed by atoms with van der Waals surface area (Å²) in [4.78, 5) is 28.7. The van der Waals surface area contributed by atoms with E-state index in [1.54, 1.807) is 28.7 Å². The van der Waals surface area contributed by atoms with Gasteiger partial charge in [-0.3, -0.25) is 25.2 Å². The van der Waals surface area contributed by atoms with Crippen LogP contribution in [0, 0.1) is 29.4 Å². The van der Waals surface area contributed by atoms with Crippen LogP contribution in [0.2, 0.25) is 0 Å². The summed E-state index contributed by atoms with van der Waals surface area (Å²) >= 11 is 1.30. The van der Waals surface area contributed by atoms with Crippen molar-refractivity contribution in [2.24, 2.45) is 4.99 Å². The van der Waals surface area contributed by atoms with Crippen LogP contribution in [0.5, 0.6) is 5.75 Å². The maximum absolute atomic E-state index is 12.5. The molecule has 1 amide bonds. The molecule has 9 nitrogen and oxygen atoms in total. The van der Waals surface area contributed by atoms with Crippen LogP contribution in [0.1, 0.15) is 17.0 Å². The minimum atomic E-state index is -0.475. The van der Waals surface area contributed by atoms with E-state index < -0.39 is 10.8 Å². The third-order valence-electron chi connectivity index (χ3n) is 4.90. The van der Waals surface area contributed by atoms with Crippen molar-refractivity contribution in [2.75, 3.05) is 7.11 Å². The Morgan fingerprint density at radius 1 is 1.30 bits per heavy atom. The van der Waals surface area contributed by atoms with Gasteiger partial charge < -0.3 is 9.30 Å². The van der Waals surface area contributed by atoms with Crippen molar-refractivity contribution < 1.29 is 14.5 Å². The zero-order valence-corrected chi connectivity index (χ0v) is 17.2. The molecule has 1 N–H and O–H groups in total. The van der Waals surface area contributed by atoms with Gasteiger partial charge in [0.15, 0.2) is 5.17 Å². The summed E-state index contributed by atoms with van der Waals surface area (Å²) in [5.74, 6) is -0.0238. The molecule has 0 aliphatic carbocycles. The van der Waals surface area contributed by atoms with E-state index in [9.17, 15) is 14.9 Å². The van der Waals surface area contributed by atoms with E-state index in [2.05, 4.69) is 4.99 Å². The third-order valence-corrected chi connectivity index (χ3v) is 5.65. The van der Waals surface area contributed by atoms with Gasteiger partial charge in [-0.05, 0) is 43.0 Å². The number of amidine groups is 2.